The molecule has 0 spiro atoms. The fourth-order valence-corrected chi connectivity index (χ4v) is 1.98. The van der Waals surface area contributed by atoms with Crippen LogP contribution in [0.25, 0.3) is 0 Å². The molecule has 1 fully saturated rings. The van der Waals surface area contributed by atoms with Gasteiger partial charge in [0, 0.05) is 25.6 Å². The van der Waals surface area contributed by atoms with E-state index in [-0.39, 0.29) is 24.1 Å². The maximum absolute atomic E-state index is 11.2. The second-order valence-electron chi connectivity index (χ2n) is 5.15. The van der Waals surface area contributed by atoms with E-state index < -0.39 is 0 Å². The van der Waals surface area contributed by atoms with Gasteiger partial charge in [0.2, 0.25) is 17.8 Å². The van der Waals surface area contributed by atoms with Gasteiger partial charge in [-0.15, -0.1) is 0 Å². The van der Waals surface area contributed by atoms with Gasteiger partial charge in [-0.2, -0.15) is 15.0 Å². The first-order chi connectivity index (χ1) is 10.1. The van der Waals surface area contributed by atoms with Crippen LogP contribution >= 0.6 is 0 Å². The minimum Gasteiger partial charge on any atom is -0.461 e. The van der Waals surface area contributed by atoms with Crippen molar-refractivity contribution >= 4 is 17.8 Å². The second-order valence-corrected chi connectivity index (χ2v) is 5.15. The van der Waals surface area contributed by atoms with Gasteiger partial charge in [0.25, 0.3) is 0 Å². The zero-order valence-electron chi connectivity index (χ0n) is 12.6. The quantitative estimate of drug-likeness (QED) is 0.683. The predicted molar refractivity (Wildman–Crippen MR) is 79.4 cm³/mol. The molecule has 1 aliphatic heterocycles. The molecule has 116 valence electrons. The van der Waals surface area contributed by atoms with E-state index in [2.05, 4.69) is 30.9 Å². The third-order valence-electron chi connectivity index (χ3n) is 2.88. The van der Waals surface area contributed by atoms with Gasteiger partial charge in [-0.1, -0.05) is 0 Å². The van der Waals surface area contributed by atoms with Gasteiger partial charge < -0.3 is 20.7 Å². The Morgan fingerprint density at radius 3 is 2.57 bits per heavy atom. The fraction of sp³-hybridized carbons (Fsp3) is 0.692. The first-order valence-corrected chi connectivity index (χ1v) is 7.26. The van der Waals surface area contributed by atoms with Crippen molar-refractivity contribution in [1.29, 1.82) is 0 Å². The van der Waals surface area contributed by atoms with Gasteiger partial charge in [0.1, 0.15) is 0 Å². The predicted octanol–water partition coefficient (Wildman–Crippen LogP) is 0.781. The molecule has 0 aliphatic carbocycles. The zero-order chi connectivity index (χ0) is 15.2. The lowest BCUT2D eigenvalue weighted by Gasteiger charge is -2.14. The van der Waals surface area contributed by atoms with Crippen molar-refractivity contribution in [2.75, 3.05) is 23.7 Å². The van der Waals surface area contributed by atoms with Crippen LogP contribution in [0.15, 0.2) is 0 Å². The summed E-state index contributed by atoms with van der Waals surface area (Å²) in [5.74, 6) is 1.01. The summed E-state index contributed by atoms with van der Waals surface area (Å²) in [5.41, 5.74) is 0. The average molecular weight is 294 g/mol. The Bertz CT molecular complexity index is 494. The Morgan fingerprint density at radius 2 is 2.00 bits per heavy atom. The molecular weight excluding hydrogens is 272 g/mol. The number of hydrogen-bond donors (Lipinski definition) is 3. The molecule has 0 radical (unpaired) electrons. The minimum absolute atomic E-state index is 0.0103. The molecule has 0 saturated carbocycles. The molecule has 2 heterocycles. The molecule has 3 N–H and O–H groups in total. The number of carbonyl (C=O) groups excluding carboxylic acids is 1. The van der Waals surface area contributed by atoms with Crippen molar-refractivity contribution in [3.63, 3.8) is 0 Å². The Balaban J connectivity index is 2.02. The van der Waals surface area contributed by atoms with Crippen molar-refractivity contribution in [1.82, 2.24) is 20.3 Å². The summed E-state index contributed by atoms with van der Waals surface area (Å²) in [6.07, 6.45) is 1.39. The topological polar surface area (TPSA) is 101 Å². The van der Waals surface area contributed by atoms with Crippen molar-refractivity contribution < 1.29 is 9.53 Å². The van der Waals surface area contributed by atoms with Crippen LogP contribution in [0.5, 0.6) is 6.01 Å². The maximum atomic E-state index is 11.2. The lowest BCUT2D eigenvalue weighted by atomic mass is 10.2. The molecule has 1 aromatic heterocycles. The number of hydrogen-bond acceptors (Lipinski definition) is 7. The molecule has 1 unspecified atom stereocenters. The summed E-state index contributed by atoms with van der Waals surface area (Å²) in [5, 5.41) is 9.06. The highest BCUT2D eigenvalue weighted by Gasteiger charge is 2.20. The Kier molecular flexibility index (Phi) is 5.13. The summed E-state index contributed by atoms with van der Waals surface area (Å²) in [6, 6.07) is 0.403. The Hall–Kier alpha value is -2.12. The van der Waals surface area contributed by atoms with E-state index in [9.17, 15) is 4.79 Å². The molecule has 1 aromatic rings. The van der Waals surface area contributed by atoms with Crippen molar-refractivity contribution in [2.24, 2.45) is 0 Å². The smallest absolute Gasteiger partial charge is 0.323 e. The van der Waals surface area contributed by atoms with Crippen LogP contribution in [-0.2, 0) is 4.79 Å². The lowest BCUT2D eigenvalue weighted by molar-refractivity contribution is -0.119. The second kappa shape index (κ2) is 7.05. The summed E-state index contributed by atoms with van der Waals surface area (Å²) < 4.78 is 5.52. The zero-order valence-corrected chi connectivity index (χ0v) is 12.6. The summed E-state index contributed by atoms with van der Waals surface area (Å²) >= 11 is 0. The highest BCUT2D eigenvalue weighted by Crippen LogP contribution is 2.13. The van der Waals surface area contributed by atoms with Crippen LogP contribution in [0.1, 0.15) is 33.6 Å². The minimum atomic E-state index is -0.0103. The van der Waals surface area contributed by atoms with Gasteiger partial charge in [0.15, 0.2) is 0 Å². The first-order valence-electron chi connectivity index (χ1n) is 7.26. The number of anilines is 2. The molecule has 1 aliphatic rings. The van der Waals surface area contributed by atoms with Crippen molar-refractivity contribution in [3.05, 3.63) is 0 Å². The first kappa shape index (κ1) is 15.3. The highest BCUT2D eigenvalue weighted by molar-refractivity contribution is 5.78. The van der Waals surface area contributed by atoms with Crippen molar-refractivity contribution in [3.8, 4) is 6.01 Å². The van der Waals surface area contributed by atoms with E-state index >= 15 is 0 Å². The van der Waals surface area contributed by atoms with Crippen LogP contribution in [0, 0.1) is 0 Å². The van der Waals surface area contributed by atoms with Gasteiger partial charge in [-0.05, 0) is 27.2 Å². The maximum Gasteiger partial charge on any atom is 0.323 e. The number of amides is 1. The highest BCUT2D eigenvalue weighted by atomic mass is 16.5. The Morgan fingerprint density at radius 1 is 1.29 bits per heavy atom. The van der Waals surface area contributed by atoms with Gasteiger partial charge in [0.05, 0.1) is 6.10 Å². The molecule has 8 heteroatoms. The Labute approximate surface area is 124 Å². The van der Waals surface area contributed by atoms with Crippen LogP contribution in [0.4, 0.5) is 11.9 Å². The number of aromatic nitrogens is 3. The summed E-state index contributed by atoms with van der Waals surface area (Å²) in [6.45, 7) is 7.09. The van der Waals surface area contributed by atoms with Crippen LogP contribution in [0.3, 0.4) is 0 Å². The summed E-state index contributed by atoms with van der Waals surface area (Å²) in [4.78, 5) is 23.9. The van der Waals surface area contributed by atoms with E-state index in [1.165, 1.54) is 0 Å². The number of nitrogens with one attached hydrogen (secondary N) is 3. The molecule has 1 atom stereocenters. The van der Waals surface area contributed by atoms with E-state index in [4.69, 9.17) is 4.74 Å². The van der Waals surface area contributed by atoms with Gasteiger partial charge in [-0.3, -0.25) is 4.79 Å². The SMILES string of the molecule is CCNc1nc(NCC2CCC(=O)N2)nc(OC(C)C)n1. The third-order valence-corrected chi connectivity index (χ3v) is 2.88. The van der Waals surface area contributed by atoms with Gasteiger partial charge >= 0.3 is 6.01 Å². The molecule has 0 aromatic carbocycles. The molecule has 0 bridgehead atoms. The number of rotatable bonds is 7. The molecular formula is C13H22N6O2. The molecule has 1 saturated heterocycles. The molecule has 8 nitrogen and oxygen atoms in total. The molecule has 2 rings (SSSR count). The number of carbonyl (C=O) groups is 1. The van der Waals surface area contributed by atoms with Crippen molar-refractivity contribution in [2.45, 2.75) is 45.8 Å². The van der Waals surface area contributed by atoms with Crippen LogP contribution in [0.2, 0.25) is 0 Å². The standard InChI is InChI=1S/C13H22N6O2/c1-4-14-11-17-12(19-13(18-11)21-8(2)3)15-7-9-5-6-10(20)16-9/h8-9H,4-7H2,1-3H3,(H,16,20)(H2,14,15,17,18,19). The lowest BCUT2D eigenvalue weighted by Crippen LogP contribution is -2.32. The van der Waals surface area contributed by atoms with Crippen LogP contribution in [-0.4, -0.2) is 46.1 Å². The fourth-order valence-electron chi connectivity index (χ4n) is 1.98. The molecule has 1 amide bonds. The monoisotopic (exact) mass is 294 g/mol. The van der Waals surface area contributed by atoms with E-state index in [1.54, 1.807) is 0 Å². The number of nitrogens with zero attached hydrogens (tertiary/aromatic N) is 3. The number of ether oxygens (including phenoxy) is 1. The summed E-state index contributed by atoms with van der Waals surface area (Å²) in [7, 11) is 0. The van der Waals surface area contributed by atoms with E-state index in [0.29, 0.717) is 31.4 Å². The largest absolute Gasteiger partial charge is 0.461 e. The average Bonchev–Trinajstić information content (AvgIpc) is 2.82. The molecule has 21 heavy (non-hydrogen) atoms. The van der Waals surface area contributed by atoms with Crippen LogP contribution < -0.4 is 20.7 Å². The van der Waals surface area contributed by atoms with E-state index in [0.717, 1.165) is 6.42 Å². The van der Waals surface area contributed by atoms with Gasteiger partial charge in [-0.25, -0.2) is 0 Å². The van der Waals surface area contributed by atoms with E-state index in [1.807, 2.05) is 20.8 Å². The normalized spacial score (nSPS) is 17.7. The third kappa shape index (κ3) is 4.73.